The number of phenols is 3. The first-order valence-electron chi connectivity index (χ1n) is 11.6. The summed E-state index contributed by atoms with van der Waals surface area (Å²) in [5.74, 6) is -0.359. The summed E-state index contributed by atoms with van der Waals surface area (Å²) in [7, 11) is 0. The van der Waals surface area contributed by atoms with Gasteiger partial charge in [-0.2, -0.15) is 0 Å². The van der Waals surface area contributed by atoms with Crippen LogP contribution in [0.5, 0.6) is 17.2 Å². The van der Waals surface area contributed by atoms with Gasteiger partial charge in [0.2, 0.25) is 0 Å². The van der Waals surface area contributed by atoms with Crippen molar-refractivity contribution in [2.75, 3.05) is 6.61 Å². The number of ether oxygens (including phenoxy) is 2. The van der Waals surface area contributed by atoms with Crippen LogP contribution in [0.4, 0.5) is 0 Å². The maximum absolute atomic E-state index is 10.9. The van der Waals surface area contributed by atoms with Gasteiger partial charge in [-0.3, -0.25) is 0 Å². The summed E-state index contributed by atoms with van der Waals surface area (Å²) < 4.78 is 11.3. The monoisotopic (exact) mass is 494 g/mol. The average molecular weight is 495 g/mol. The first-order chi connectivity index (χ1) is 16.7. The Morgan fingerprint density at radius 1 is 0.800 bits per heavy atom. The van der Waals surface area contributed by atoms with Gasteiger partial charge in [0, 0.05) is 0 Å². The minimum atomic E-state index is -1.60. The molecule has 7 atom stereocenters. The predicted molar refractivity (Wildman–Crippen MR) is 124 cm³/mol. The number of phenolic OH excluding ortho intramolecular Hbond substituents is 3. The van der Waals surface area contributed by atoms with E-state index in [0.717, 1.165) is 5.56 Å². The van der Waals surface area contributed by atoms with E-state index in [1.807, 2.05) is 0 Å². The molecule has 2 aromatic carbocycles. The van der Waals surface area contributed by atoms with Crippen molar-refractivity contribution in [3.8, 4) is 17.2 Å². The number of aryl methyl sites for hydroxylation is 2. The SMILES string of the molecule is OC[C@H]1O[C@@H](OC(CCc2ccc(O)c(O)c2)C(O)CCCc2ccc(O)cc2)[C@H](O)[C@@H](O)[C@@H]1O. The molecule has 10 heteroatoms. The van der Waals surface area contributed by atoms with E-state index < -0.39 is 49.5 Å². The lowest BCUT2D eigenvalue weighted by atomic mass is 9.97. The van der Waals surface area contributed by atoms with Crippen molar-refractivity contribution in [3.05, 3.63) is 53.6 Å². The maximum Gasteiger partial charge on any atom is 0.187 e. The molecule has 0 radical (unpaired) electrons. The Balaban J connectivity index is 1.67. The molecule has 0 amide bonds. The molecule has 2 unspecified atom stereocenters. The van der Waals surface area contributed by atoms with Crippen LogP contribution in [0.15, 0.2) is 42.5 Å². The van der Waals surface area contributed by atoms with Gasteiger partial charge in [0.15, 0.2) is 17.8 Å². The molecule has 1 saturated heterocycles. The lowest BCUT2D eigenvalue weighted by Gasteiger charge is -2.41. The summed E-state index contributed by atoms with van der Waals surface area (Å²) in [6.07, 6.45) is -6.91. The van der Waals surface area contributed by atoms with E-state index in [-0.39, 0.29) is 23.7 Å². The lowest BCUT2D eigenvalue weighted by Crippen LogP contribution is -2.60. The van der Waals surface area contributed by atoms with Gasteiger partial charge in [0.25, 0.3) is 0 Å². The Bertz CT molecular complexity index is 919. The van der Waals surface area contributed by atoms with Gasteiger partial charge >= 0.3 is 0 Å². The fraction of sp³-hybridized carbons (Fsp3) is 0.520. The Hall–Kier alpha value is -2.44. The van der Waals surface area contributed by atoms with Crippen LogP contribution in [0, 0.1) is 0 Å². The highest BCUT2D eigenvalue weighted by Crippen LogP contribution is 2.28. The number of aromatic hydroxyl groups is 3. The predicted octanol–water partition coefficient (Wildman–Crippen LogP) is 0.305. The first-order valence-corrected chi connectivity index (χ1v) is 11.6. The highest BCUT2D eigenvalue weighted by atomic mass is 16.7. The molecule has 8 N–H and O–H groups in total. The van der Waals surface area contributed by atoms with Gasteiger partial charge < -0.3 is 50.3 Å². The molecule has 1 aliphatic heterocycles. The summed E-state index contributed by atoms with van der Waals surface area (Å²) >= 11 is 0. The molecule has 0 bridgehead atoms. The number of benzene rings is 2. The van der Waals surface area contributed by atoms with E-state index in [9.17, 15) is 40.9 Å². The molecular formula is C25H34O10. The number of aliphatic hydroxyl groups is 5. The minimum Gasteiger partial charge on any atom is -0.508 e. The smallest absolute Gasteiger partial charge is 0.187 e. The van der Waals surface area contributed by atoms with Gasteiger partial charge in [0.1, 0.15) is 30.2 Å². The molecule has 2 aromatic rings. The van der Waals surface area contributed by atoms with Gasteiger partial charge in [-0.25, -0.2) is 0 Å². The zero-order chi connectivity index (χ0) is 25.5. The molecular weight excluding hydrogens is 460 g/mol. The fourth-order valence-corrected chi connectivity index (χ4v) is 4.10. The molecule has 194 valence electrons. The number of hydrogen-bond acceptors (Lipinski definition) is 10. The van der Waals surface area contributed by atoms with Crippen molar-refractivity contribution in [2.45, 2.75) is 75.0 Å². The topological polar surface area (TPSA) is 180 Å². The van der Waals surface area contributed by atoms with Crippen LogP contribution in [0.1, 0.15) is 30.4 Å². The molecule has 0 aliphatic carbocycles. The summed E-state index contributed by atoms with van der Waals surface area (Å²) in [6.45, 7) is -0.600. The van der Waals surface area contributed by atoms with Crippen molar-refractivity contribution < 1.29 is 50.3 Å². The maximum atomic E-state index is 10.9. The first kappa shape index (κ1) is 27.2. The number of aliphatic hydroxyl groups excluding tert-OH is 5. The van der Waals surface area contributed by atoms with Crippen LogP contribution < -0.4 is 0 Å². The molecule has 0 spiro atoms. The van der Waals surface area contributed by atoms with Crippen molar-refractivity contribution in [1.82, 2.24) is 0 Å². The van der Waals surface area contributed by atoms with Gasteiger partial charge in [-0.15, -0.1) is 0 Å². The summed E-state index contributed by atoms with van der Waals surface area (Å²) in [4.78, 5) is 0. The van der Waals surface area contributed by atoms with Crippen LogP contribution in [-0.2, 0) is 22.3 Å². The van der Waals surface area contributed by atoms with E-state index >= 15 is 0 Å². The van der Waals surface area contributed by atoms with Crippen molar-refractivity contribution in [3.63, 3.8) is 0 Å². The Kier molecular flexibility index (Phi) is 9.70. The van der Waals surface area contributed by atoms with Crippen molar-refractivity contribution in [2.24, 2.45) is 0 Å². The number of rotatable bonds is 11. The Morgan fingerprint density at radius 2 is 1.49 bits per heavy atom. The van der Waals surface area contributed by atoms with E-state index in [1.165, 1.54) is 12.1 Å². The molecule has 0 saturated carbocycles. The van der Waals surface area contributed by atoms with Gasteiger partial charge in [-0.1, -0.05) is 18.2 Å². The standard InChI is InChI=1S/C25H34O10/c26-13-21-22(31)23(32)24(33)25(35-21)34-20(11-7-15-6-10-17(28)19(30)12-15)18(29)3-1-2-14-4-8-16(27)9-5-14/h4-6,8-10,12,18,20-33H,1-3,7,11,13H2/t18?,20?,21-,22-,23+,24-,25-/m1/s1. The fourth-order valence-electron chi connectivity index (χ4n) is 4.10. The van der Waals surface area contributed by atoms with Crippen LogP contribution in [0.2, 0.25) is 0 Å². The van der Waals surface area contributed by atoms with Crippen molar-refractivity contribution in [1.29, 1.82) is 0 Å². The molecule has 1 fully saturated rings. The molecule has 1 aliphatic rings. The zero-order valence-electron chi connectivity index (χ0n) is 19.2. The number of hydrogen-bond donors (Lipinski definition) is 8. The third-order valence-corrected chi connectivity index (χ3v) is 6.25. The summed E-state index contributed by atoms with van der Waals surface area (Å²) in [5, 5.41) is 79.4. The second kappa shape index (κ2) is 12.5. The van der Waals surface area contributed by atoms with Gasteiger partial charge in [0.05, 0.1) is 18.8 Å². The lowest BCUT2D eigenvalue weighted by molar-refractivity contribution is -0.317. The molecule has 35 heavy (non-hydrogen) atoms. The normalized spacial score (nSPS) is 26.4. The van der Waals surface area contributed by atoms with E-state index in [1.54, 1.807) is 30.3 Å². The molecule has 0 aromatic heterocycles. The third-order valence-electron chi connectivity index (χ3n) is 6.25. The van der Waals surface area contributed by atoms with Crippen LogP contribution in [-0.4, -0.2) is 90.4 Å². The molecule has 1 heterocycles. The van der Waals surface area contributed by atoms with Crippen LogP contribution >= 0.6 is 0 Å². The average Bonchev–Trinajstić information content (AvgIpc) is 2.84. The van der Waals surface area contributed by atoms with Crippen LogP contribution in [0.3, 0.4) is 0 Å². The van der Waals surface area contributed by atoms with Gasteiger partial charge in [-0.05, 0) is 67.5 Å². The van der Waals surface area contributed by atoms with Crippen molar-refractivity contribution >= 4 is 0 Å². The Morgan fingerprint density at radius 3 is 2.14 bits per heavy atom. The van der Waals surface area contributed by atoms with E-state index in [4.69, 9.17) is 9.47 Å². The summed E-state index contributed by atoms with van der Waals surface area (Å²) in [5.41, 5.74) is 1.67. The molecule has 3 rings (SSSR count). The highest BCUT2D eigenvalue weighted by molar-refractivity contribution is 5.40. The second-order valence-corrected chi connectivity index (χ2v) is 8.86. The molecule has 10 nitrogen and oxygen atoms in total. The van der Waals surface area contributed by atoms with Crippen LogP contribution in [0.25, 0.3) is 0 Å². The quantitative estimate of drug-likeness (QED) is 0.203. The highest BCUT2D eigenvalue weighted by Gasteiger charge is 2.45. The zero-order valence-corrected chi connectivity index (χ0v) is 19.2. The van der Waals surface area contributed by atoms with E-state index in [0.29, 0.717) is 31.2 Å². The Labute approximate surface area is 203 Å². The minimum absolute atomic E-state index is 0.169. The summed E-state index contributed by atoms with van der Waals surface area (Å²) in [6, 6.07) is 11.1. The second-order valence-electron chi connectivity index (χ2n) is 8.86. The van der Waals surface area contributed by atoms with E-state index in [2.05, 4.69) is 0 Å². The largest absolute Gasteiger partial charge is 0.508 e. The third kappa shape index (κ3) is 7.28.